The maximum atomic E-state index is 14.3. The lowest BCUT2D eigenvalue weighted by atomic mass is 10.1. The van der Waals surface area contributed by atoms with Crippen LogP contribution < -0.4 is 9.80 Å². The maximum absolute atomic E-state index is 14.3. The van der Waals surface area contributed by atoms with Crippen LogP contribution in [-0.2, 0) is 9.59 Å². The SMILES string of the molecule is CCN(CC)CCN(C(=O)C1CC(=O)N(c2ccc(F)cc2)C1)c1nc2c(F)cccc2s1.Cl. The highest BCUT2D eigenvalue weighted by Crippen LogP contribution is 2.33. The van der Waals surface area contributed by atoms with E-state index < -0.39 is 11.7 Å². The second kappa shape index (κ2) is 11.2. The van der Waals surface area contributed by atoms with Crippen molar-refractivity contribution in [2.75, 3.05) is 42.5 Å². The zero-order valence-electron chi connectivity index (χ0n) is 19.0. The van der Waals surface area contributed by atoms with Gasteiger partial charge in [0.1, 0.15) is 17.2 Å². The second-order valence-corrected chi connectivity index (χ2v) is 8.99. The molecule has 10 heteroatoms. The number of thiazole rings is 1. The van der Waals surface area contributed by atoms with E-state index in [9.17, 15) is 18.4 Å². The lowest BCUT2D eigenvalue weighted by molar-refractivity contribution is -0.124. The van der Waals surface area contributed by atoms with Crippen molar-refractivity contribution in [3.05, 3.63) is 54.1 Å². The van der Waals surface area contributed by atoms with Gasteiger partial charge in [0.15, 0.2) is 5.13 Å². The number of rotatable bonds is 8. The molecule has 2 amide bonds. The van der Waals surface area contributed by atoms with Crippen LogP contribution in [0.25, 0.3) is 10.2 Å². The van der Waals surface area contributed by atoms with E-state index >= 15 is 0 Å². The van der Waals surface area contributed by atoms with Gasteiger partial charge in [-0.15, -0.1) is 12.4 Å². The molecule has 1 aromatic heterocycles. The molecule has 2 aromatic carbocycles. The summed E-state index contributed by atoms with van der Waals surface area (Å²) in [6.45, 7) is 7.03. The smallest absolute Gasteiger partial charge is 0.234 e. The lowest BCUT2D eigenvalue weighted by Crippen LogP contribution is -2.42. The first-order valence-electron chi connectivity index (χ1n) is 11.1. The molecule has 34 heavy (non-hydrogen) atoms. The van der Waals surface area contributed by atoms with E-state index in [0.717, 1.165) is 13.1 Å². The first kappa shape index (κ1) is 26.0. The van der Waals surface area contributed by atoms with Gasteiger partial charge in [-0.25, -0.2) is 13.8 Å². The monoisotopic (exact) mass is 508 g/mol. The van der Waals surface area contributed by atoms with Crippen molar-refractivity contribution in [3.63, 3.8) is 0 Å². The van der Waals surface area contributed by atoms with E-state index in [2.05, 4.69) is 23.7 Å². The molecule has 0 aliphatic carbocycles. The Balaban J connectivity index is 0.00000324. The molecule has 0 radical (unpaired) electrons. The van der Waals surface area contributed by atoms with Crippen molar-refractivity contribution < 1.29 is 18.4 Å². The fourth-order valence-corrected chi connectivity index (χ4v) is 5.08. The van der Waals surface area contributed by atoms with Crippen LogP contribution in [0.15, 0.2) is 42.5 Å². The normalized spacial score (nSPS) is 15.7. The van der Waals surface area contributed by atoms with Crippen molar-refractivity contribution >= 4 is 56.6 Å². The average molecular weight is 509 g/mol. The summed E-state index contributed by atoms with van der Waals surface area (Å²) in [4.78, 5) is 36.0. The van der Waals surface area contributed by atoms with Crippen LogP contribution in [0.5, 0.6) is 0 Å². The first-order valence-corrected chi connectivity index (χ1v) is 11.9. The highest BCUT2D eigenvalue weighted by Gasteiger charge is 2.38. The van der Waals surface area contributed by atoms with E-state index in [1.54, 1.807) is 17.0 Å². The number of carbonyl (C=O) groups excluding carboxylic acids is 2. The fourth-order valence-electron chi connectivity index (χ4n) is 4.06. The Kier molecular flexibility index (Phi) is 8.57. The average Bonchev–Trinajstić information content (AvgIpc) is 3.42. The van der Waals surface area contributed by atoms with Gasteiger partial charge < -0.3 is 9.80 Å². The molecule has 0 bridgehead atoms. The molecule has 0 spiro atoms. The number of anilines is 2. The molecule has 6 nitrogen and oxygen atoms in total. The molecule has 182 valence electrons. The van der Waals surface area contributed by atoms with Crippen LogP contribution in [0.2, 0.25) is 0 Å². The van der Waals surface area contributed by atoms with Gasteiger partial charge in [0, 0.05) is 31.7 Å². The molecule has 4 rings (SSSR count). The third-order valence-electron chi connectivity index (χ3n) is 6.00. The summed E-state index contributed by atoms with van der Waals surface area (Å²) >= 11 is 1.27. The largest absolute Gasteiger partial charge is 0.312 e. The molecule has 0 saturated carbocycles. The summed E-state index contributed by atoms with van der Waals surface area (Å²) in [5, 5.41) is 0.430. The van der Waals surface area contributed by atoms with E-state index in [-0.39, 0.29) is 48.5 Å². The van der Waals surface area contributed by atoms with Crippen LogP contribution in [0.3, 0.4) is 0 Å². The van der Waals surface area contributed by atoms with Crippen molar-refractivity contribution in [1.29, 1.82) is 0 Å². The first-order chi connectivity index (χ1) is 15.9. The van der Waals surface area contributed by atoms with Crippen molar-refractivity contribution in [2.45, 2.75) is 20.3 Å². The van der Waals surface area contributed by atoms with Gasteiger partial charge in [-0.1, -0.05) is 31.3 Å². The van der Waals surface area contributed by atoms with Gasteiger partial charge in [-0.3, -0.25) is 14.5 Å². The van der Waals surface area contributed by atoms with Crippen LogP contribution in [0.1, 0.15) is 20.3 Å². The number of hydrogen-bond donors (Lipinski definition) is 0. The molecular weight excluding hydrogens is 482 g/mol. The zero-order valence-corrected chi connectivity index (χ0v) is 20.7. The summed E-state index contributed by atoms with van der Waals surface area (Å²) in [5.74, 6) is -1.76. The molecule has 1 unspecified atom stereocenters. The van der Waals surface area contributed by atoms with Gasteiger partial charge >= 0.3 is 0 Å². The number of aromatic nitrogens is 1. The van der Waals surface area contributed by atoms with Gasteiger partial charge in [0.25, 0.3) is 0 Å². The Labute approximate surface area is 207 Å². The molecule has 1 atom stereocenters. The molecule has 0 N–H and O–H groups in total. The van der Waals surface area contributed by atoms with Crippen molar-refractivity contribution in [1.82, 2.24) is 9.88 Å². The Morgan fingerprint density at radius 3 is 2.47 bits per heavy atom. The molecule has 3 aromatic rings. The van der Waals surface area contributed by atoms with E-state index in [1.807, 2.05) is 0 Å². The predicted molar refractivity (Wildman–Crippen MR) is 134 cm³/mol. The number of carbonyl (C=O) groups is 2. The molecule has 1 saturated heterocycles. The Hall–Kier alpha value is -2.62. The van der Waals surface area contributed by atoms with E-state index in [1.165, 1.54) is 46.6 Å². The number of benzene rings is 2. The quantitative estimate of drug-likeness (QED) is 0.441. The van der Waals surface area contributed by atoms with Crippen LogP contribution >= 0.6 is 23.7 Å². The molecule has 1 aliphatic heterocycles. The molecule has 1 fully saturated rings. The van der Waals surface area contributed by atoms with Crippen LogP contribution in [0, 0.1) is 17.6 Å². The summed E-state index contributed by atoms with van der Waals surface area (Å²) in [6.07, 6.45) is 0.0667. The predicted octanol–water partition coefficient (Wildman–Crippen LogP) is 4.72. The minimum atomic E-state index is -0.559. The van der Waals surface area contributed by atoms with Crippen LogP contribution in [-0.4, -0.2) is 54.4 Å². The Bertz CT molecular complexity index is 1150. The topological polar surface area (TPSA) is 56.8 Å². The highest BCUT2D eigenvalue weighted by molar-refractivity contribution is 7.22. The van der Waals surface area contributed by atoms with Crippen molar-refractivity contribution in [3.8, 4) is 0 Å². The maximum Gasteiger partial charge on any atom is 0.234 e. The number of para-hydroxylation sites is 1. The third-order valence-corrected chi connectivity index (χ3v) is 7.05. The Morgan fingerprint density at radius 2 is 1.82 bits per heavy atom. The summed E-state index contributed by atoms with van der Waals surface area (Å²) in [5.41, 5.74) is 0.807. The Morgan fingerprint density at radius 1 is 1.12 bits per heavy atom. The zero-order chi connectivity index (χ0) is 23.5. The minimum Gasteiger partial charge on any atom is -0.312 e. The fraction of sp³-hybridized carbons (Fsp3) is 0.375. The summed E-state index contributed by atoms with van der Waals surface area (Å²) in [7, 11) is 0. The van der Waals surface area contributed by atoms with Gasteiger partial charge in [-0.05, 0) is 49.5 Å². The highest BCUT2D eigenvalue weighted by atomic mass is 35.5. The number of nitrogens with zero attached hydrogens (tertiary/aromatic N) is 4. The number of likely N-dealkylation sites (N-methyl/N-ethyl adjacent to an activating group) is 1. The van der Waals surface area contributed by atoms with Gasteiger partial charge in [0.05, 0.1) is 10.6 Å². The third kappa shape index (κ3) is 5.37. The van der Waals surface area contributed by atoms with Gasteiger partial charge in [-0.2, -0.15) is 0 Å². The van der Waals surface area contributed by atoms with Crippen LogP contribution in [0.4, 0.5) is 19.6 Å². The number of hydrogen-bond acceptors (Lipinski definition) is 5. The number of halogens is 3. The minimum absolute atomic E-state index is 0. The number of amides is 2. The standard InChI is InChI=1S/C24H26F2N4O2S.ClH/c1-3-28(4-2)12-13-29(24-27-22-19(26)6-5-7-20(22)33-24)23(32)16-14-21(31)30(15-16)18-10-8-17(25)9-11-18;/h5-11,16H,3-4,12-15H2,1-2H3;1H. The van der Waals surface area contributed by atoms with E-state index in [0.29, 0.717) is 28.6 Å². The number of fused-ring (bicyclic) bond motifs is 1. The van der Waals surface area contributed by atoms with E-state index in [4.69, 9.17) is 0 Å². The van der Waals surface area contributed by atoms with Crippen molar-refractivity contribution in [2.24, 2.45) is 5.92 Å². The summed E-state index contributed by atoms with van der Waals surface area (Å²) in [6, 6.07) is 10.4. The molecular formula is C24H27ClF2N4O2S. The lowest BCUT2D eigenvalue weighted by Gasteiger charge is -2.26. The molecule has 2 heterocycles. The summed E-state index contributed by atoms with van der Waals surface area (Å²) < 4.78 is 28.2. The molecule has 1 aliphatic rings. The van der Waals surface area contributed by atoms with Gasteiger partial charge in [0.2, 0.25) is 11.8 Å². The second-order valence-electron chi connectivity index (χ2n) is 7.98.